The van der Waals surface area contributed by atoms with Gasteiger partial charge in [0.15, 0.2) is 0 Å². The fourth-order valence-electron chi connectivity index (χ4n) is 2.90. The molecule has 0 aliphatic carbocycles. The maximum absolute atomic E-state index is 13.1. The van der Waals surface area contributed by atoms with Gasteiger partial charge in [0.05, 0.1) is 17.6 Å². The number of hydrogen-bond acceptors (Lipinski definition) is 5. The number of benzene rings is 1. The van der Waals surface area contributed by atoms with Crippen LogP contribution in [0.5, 0.6) is 5.88 Å². The molecule has 0 saturated carbocycles. The van der Waals surface area contributed by atoms with Crippen molar-refractivity contribution in [3.8, 4) is 5.88 Å². The number of sulfonamides is 1. The quantitative estimate of drug-likeness (QED) is 0.791. The van der Waals surface area contributed by atoms with Crippen LogP contribution in [0.15, 0.2) is 47.5 Å². The molecule has 9 heteroatoms. The molecule has 0 spiro atoms. The fourth-order valence-corrected chi connectivity index (χ4v) is 4.37. The zero-order chi connectivity index (χ0) is 19.4. The van der Waals surface area contributed by atoms with Crippen molar-refractivity contribution < 1.29 is 22.3 Å². The number of methoxy groups -OCH3 is 1. The third-order valence-corrected chi connectivity index (χ3v) is 6.30. The molecule has 1 aromatic heterocycles. The highest BCUT2D eigenvalue weighted by Crippen LogP contribution is 2.19. The van der Waals surface area contributed by atoms with Gasteiger partial charge in [-0.2, -0.15) is 4.31 Å². The highest BCUT2D eigenvalue weighted by Gasteiger charge is 2.28. The van der Waals surface area contributed by atoms with Gasteiger partial charge >= 0.3 is 0 Å². The van der Waals surface area contributed by atoms with Crippen molar-refractivity contribution in [2.24, 2.45) is 0 Å². The van der Waals surface area contributed by atoms with Gasteiger partial charge in [0.2, 0.25) is 15.9 Å². The van der Waals surface area contributed by atoms with Crippen LogP contribution in [-0.2, 0) is 10.0 Å². The number of nitrogens with zero attached hydrogens (tertiary/aromatic N) is 3. The van der Waals surface area contributed by atoms with Crippen LogP contribution in [0.25, 0.3) is 0 Å². The Balaban J connectivity index is 1.71. The predicted octanol–water partition coefficient (Wildman–Crippen LogP) is 1.77. The molecular weight excluding hydrogens is 373 g/mol. The van der Waals surface area contributed by atoms with Crippen LogP contribution < -0.4 is 4.74 Å². The average Bonchev–Trinajstić information content (AvgIpc) is 2.94. The molecule has 1 aliphatic heterocycles. The minimum atomic E-state index is -3.73. The van der Waals surface area contributed by atoms with E-state index in [-0.39, 0.29) is 23.9 Å². The van der Waals surface area contributed by atoms with Crippen molar-refractivity contribution in [3.05, 3.63) is 54.0 Å². The summed E-state index contributed by atoms with van der Waals surface area (Å²) in [7, 11) is -2.23. The lowest BCUT2D eigenvalue weighted by atomic mass is 10.2. The topological polar surface area (TPSA) is 79.8 Å². The molecule has 0 radical (unpaired) electrons. The molecule has 1 aromatic carbocycles. The second-order valence-corrected chi connectivity index (χ2v) is 8.03. The lowest BCUT2D eigenvalue weighted by molar-refractivity contribution is 0.0763. The first-order valence-corrected chi connectivity index (χ1v) is 9.91. The maximum Gasteiger partial charge on any atom is 0.255 e. The average molecular weight is 393 g/mol. The Bertz CT molecular complexity index is 901. The van der Waals surface area contributed by atoms with Crippen molar-refractivity contribution in [1.29, 1.82) is 0 Å². The van der Waals surface area contributed by atoms with E-state index in [0.29, 0.717) is 31.0 Å². The normalized spacial score (nSPS) is 16.0. The summed E-state index contributed by atoms with van der Waals surface area (Å²) < 4.78 is 44.9. The molecule has 144 valence electrons. The highest BCUT2D eigenvalue weighted by atomic mass is 32.2. The Hall–Kier alpha value is -2.52. The molecule has 0 atom stereocenters. The summed E-state index contributed by atoms with van der Waals surface area (Å²) in [5.41, 5.74) is 0.422. The summed E-state index contributed by atoms with van der Waals surface area (Å²) in [4.78, 5) is 18.3. The fraction of sp³-hybridized carbons (Fsp3) is 0.333. The Morgan fingerprint density at radius 1 is 1.07 bits per heavy atom. The minimum absolute atomic E-state index is 0.0445. The zero-order valence-corrected chi connectivity index (χ0v) is 15.7. The molecule has 1 saturated heterocycles. The Morgan fingerprint density at radius 2 is 1.81 bits per heavy atom. The summed E-state index contributed by atoms with van der Waals surface area (Å²) in [6, 6.07) is 7.99. The summed E-state index contributed by atoms with van der Waals surface area (Å²) in [5, 5.41) is 0. The van der Waals surface area contributed by atoms with Crippen LogP contribution >= 0.6 is 0 Å². The molecule has 0 bridgehead atoms. The van der Waals surface area contributed by atoms with Gasteiger partial charge < -0.3 is 9.64 Å². The summed E-state index contributed by atoms with van der Waals surface area (Å²) >= 11 is 0. The highest BCUT2D eigenvalue weighted by molar-refractivity contribution is 7.89. The maximum atomic E-state index is 13.1. The molecule has 3 rings (SSSR count). The molecule has 2 heterocycles. The number of pyridine rings is 1. The Kier molecular flexibility index (Phi) is 5.71. The van der Waals surface area contributed by atoms with E-state index in [1.807, 2.05) is 0 Å². The van der Waals surface area contributed by atoms with Gasteiger partial charge in [-0.25, -0.2) is 17.8 Å². The van der Waals surface area contributed by atoms with Gasteiger partial charge in [0.25, 0.3) is 5.91 Å². The smallest absolute Gasteiger partial charge is 0.255 e. The molecule has 0 N–H and O–H groups in total. The van der Waals surface area contributed by atoms with E-state index in [0.717, 1.165) is 12.1 Å². The SMILES string of the molecule is COc1ccc(C(=O)N2CCCN(S(=O)(=O)c3ccc(F)cc3)CC2)cn1. The van der Waals surface area contributed by atoms with Crippen LogP contribution in [-0.4, -0.2) is 61.8 Å². The van der Waals surface area contributed by atoms with E-state index in [4.69, 9.17) is 4.74 Å². The van der Waals surface area contributed by atoms with Gasteiger partial charge in [0.1, 0.15) is 5.82 Å². The summed E-state index contributed by atoms with van der Waals surface area (Å²) in [6.07, 6.45) is 1.95. The lowest BCUT2D eigenvalue weighted by Gasteiger charge is -2.22. The minimum Gasteiger partial charge on any atom is -0.481 e. The van der Waals surface area contributed by atoms with Gasteiger partial charge in [-0.15, -0.1) is 0 Å². The molecule has 27 heavy (non-hydrogen) atoms. The van der Waals surface area contributed by atoms with E-state index in [1.54, 1.807) is 17.0 Å². The second-order valence-electron chi connectivity index (χ2n) is 6.09. The van der Waals surface area contributed by atoms with Crippen molar-refractivity contribution >= 4 is 15.9 Å². The van der Waals surface area contributed by atoms with E-state index in [2.05, 4.69) is 4.98 Å². The number of halogens is 1. The Morgan fingerprint density at radius 3 is 2.44 bits per heavy atom. The largest absolute Gasteiger partial charge is 0.481 e. The van der Waals surface area contributed by atoms with Crippen molar-refractivity contribution in [2.45, 2.75) is 11.3 Å². The van der Waals surface area contributed by atoms with Crippen molar-refractivity contribution in [3.63, 3.8) is 0 Å². The van der Waals surface area contributed by atoms with Crippen LogP contribution in [0.3, 0.4) is 0 Å². The van der Waals surface area contributed by atoms with Gasteiger partial charge in [-0.1, -0.05) is 0 Å². The number of hydrogen-bond donors (Lipinski definition) is 0. The molecule has 2 aromatic rings. The van der Waals surface area contributed by atoms with Crippen LogP contribution in [0.2, 0.25) is 0 Å². The first kappa shape index (κ1) is 19.2. The molecule has 0 unspecified atom stereocenters. The van der Waals surface area contributed by atoms with Crippen LogP contribution in [0, 0.1) is 5.82 Å². The third kappa shape index (κ3) is 4.25. The molecular formula is C18H20FN3O4S. The number of rotatable bonds is 4. The molecule has 1 fully saturated rings. The number of amides is 1. The van der Waals surface area contributed by atoms with Gasteiger partial charge in [-0.3, -0.25) is 4.79 Å². The number of carbonyl (C=O) groups is 1. The number of ether oxygens (including phenoxy) is 1. The molecule has 1 amide bonds. The van der Waals surface area contributed by atoms with Crippen LogP contribution in [0.1, 0.15) is 16.8 Å². The van der Waals surface area contributed by atoms with Gasteiger partial charge in [0, 0.05) is 38.4 Å². The van der Waals surface area contributed by atoms with E-state index in [1.165, 1.54) is 29.7 Å². The third-order valence-electron chi connectivity index (χ3n) is 4.39. The first-order chi connectivity index (χ1) is 12.9. The zero-order valence-electron chi connectivity index (χ0n) is 14.8. The monoisotopic (exact) mass is 393 g/mol. The molecule has 1 aliphatic rings. The Labute approximate surface area is 157 Å². The lowest BCUT2D eigenvalue weighted by Crippen LogP contribution is -2.37. The van der Waals surface area contributed by atoms with Gasteiger partial charge in [-0.05, 0) is 36.8 Å². The van der Waals surface area contributed by atoms with E-state index < -0.39 is 15.8 Å². The molecule has 7 nitrogen and oxygen atoms in total. The van der Waals surface area contributed by atoms with Crippen LogP contribution in [0.4, 0.5) is 4.39 Å². The standard InChI is InChI=1S/C18H20FN3O4S/c1-26-17-8-3-14(13-20-17)18(23)21-9-2-10-22(12-11-21)27(24,25)16-6-4-15(19)5-7-16/h3-8,13H,2,9-12H2,1H3. The van der Waals surface area contributed by atoms with Crippen molar-refractivity contribution in [2.75, 3.05) is 33.3 Å². The van der Waals surface area contributed by atoms with E-state index in [9.17, 15) is 17.6 Å². The number of aromatic nitrogens is 1. The summed E-state index contributed by atoms with van der Waals surface area (Å²) in [5.74, 6) is -0.278. The first-order valence-electron chi connectivity index (χ1n) is 8.47. The second kappa shape index (κ2) is 8.01. The predicted molar refractivity (Wildman–Crippen MR) is 96.5 cm³/mol. The summed E-state index contributed by atoms with van der Waals surface area (Å²) in [6.45, 7) is 1.19. The van der Waals surface area contributed by atoms with E-state index >= 15 is 0 Å². The number of carbonyl (C=O) groups excluding carboxylic acids is 1. The van der Waals surface area contributed by atoms with Crippen molar-refractivity contribution in [1.82, 2.24) is 14.2 Å².